The van der Waals surface area contributed by atoms with Gasteiger partial charge in [-0.05, 0) is 43.3 Å². The molecule has 0 spiro atoms. The fraction of sp³-hybridized carbons (Fsp3) is 0.250. The van der Waals surface area contributed by atoms with Crippen molar-refractivity contribution in [1.82, 2.24) is 14.8 Å². The summed E-state index contributed by atoms with van der Waals surface area (Å²) >= 11 is 13.1. The molecule has 1 heterocycles. The minimum absolute atomic E-state index is 0.0667. The number of nitrogens with zero attached hydrogens (tertiary/aromatic N) is 3. The Morgan fingerprint density at radius 1 is 1.19 bits per heavy atom. The van der Waals surface area contributed by atoms with Crippen molar-refractivity contribution in [2.75, 3.05) is 0 Å². The van der Waals surface area contributed by atoms with Gasteiger partial charge in [0, 0.05) is 26.4 Å². The zero-order valence-corrected chi connectivity index (χ0v) is 18.3. The van der Waals surface area contributed by atoms with E-state index in [0.29, 0.717) is 10.6 Å². The van der Waals surface area contributed by atoms with E-state index in [0.717, 1.165) is 36.0 Å². The molecule has 3 rings (SSSR count). The first-order valence-corrected chi connectivity index (χ1v) is 10.5. The van der Waals surface area contributed by atoms with Crippen molar-refractivity contribution in [2.24, 2.45) is 0 Å². The number of alkyl halides is 3. The van der Waals surface area contributed by atoms with Gasteiger partial charge < -0.3 is 5.11 Å². The van der Waals surface area contributed by atoms with Crippen LogP contribution in [0.3, 0.4) is 0 Å². The minimum atomic E-state index is -4.49. The smallest absolute Gasteiger partial charge is 0.382 e. The number of carbonyl (C=O) groups is 1. The highest BCUT2D eigenvalue weighted by Gasteiger charge is 2.40. The van der Waals surface area contributed by atoms with Crippen molar-refractivity contribution in [2.45, 2.75) is 30.5 Å². The Labute approximate surface area is 190 Å². The second kappa shape index (κ2) is 9.20. The summed E-state index contributed by atoms with van der Waals surface area (Å²) in [6.45, 7) is 1.55. The molecule has 3 aromatic rings. The molecule has 0 radical (unpaired) electrons. The number of halogens is 5. The Kier molecular flexibility index (Phi) is 7.00. The molecule has 0 saturated carbocycles. The van der Waals surface area contributed by atoms with Crippen molar-refractivity contribution in [1.29, 1.82) is 0 Å². The molecule has 11 heteroatoms. The van der Waals surface area contributed by atoms with Crippen molar-refractivity contribution in [3.8, 4) is 0 Å². The van der Waals surface area contributed by atoms with Gasteiger partial charge >= 0.3 is 6.18 Å². The van der Waals surface area contributed by atoms with Gasteiger partial charge in [-0.1, -0.05) is 41.0 Å². The molecule has 5 nitrogen and oxygen atoms in total. The standard InChI is InChI=1S/C20H16Cl2F3N3O2S/c1-12(31-18(29)13-2-4-14(5-3-13)20(23,24)25)19(30,9-28-11-26-10-27-28)16-7-6-15(21)8-17(16)22/h2-8,10-12,30H,9H2,1H3/t12-,19?/m1/s1. The summed E-state index contributed by atoms with van der Waals surface area (Å²) < 4.78 is 39.7. The molecule has 31 heavy (non-hydrogen) atoms. The molecule has 2 aromatic carbocycles. The molecule has 0 saturated heterocycles. The van der Waals surface area contributed by atoms with E-state index in [-0.39, 0.29) is 17.1 Å². The highest BCUT2D eigenvalue weighted by atomic mass is 35.5. The summed E-state index contributed by atoms with van der Waals surface area (Å²) in [6.07, 6.45) is -1.79. The van der Waals surface area contributed by atoms with Crippen LogP contribution in [0, 0.1) is 0 Å². The first-order chi connectivity index (χ1) is 14.5. The van der Waals surface area contributed by atoms with E-state index in [1.54, 1.807) is 19.1 Å². The van der Waals surface area contributed by atoms with Crippen LogP contribution in [0.5, 0.6) is 0 Å². The Bertz CT molecular complexity index is 1060. The van der Waals surface area contributed by atoms with Crippen LogP contribution in [0.25, 0.3) is 0 Å². The lowest BCUT2D eigenvalue weighted by Crippen LogP contribution is -2.41. The molecule has 0 aliphatic rings. The number of rotatable bonds is 6. The SMILES string of the molecule is C[C@@H](SC(=O)c1ccc(C(F)(F)F)cc1)C(O)(Cn1cncn1)c1ccc(Cl)cc1Cl. The molecular formula is C20H16Cl2F3N3O2S. The molecule has 1 N–H and O–H groups in total. The van der Waals surface area contributed by atoms with Crippen LogP contribution in [0.4, 0.5) is 13.2 Å². The van der Waals surface area contributed by atoms with Gasteiger partial charge in [-0.25, -0.2) is 9.67 Å². The van der Waals surface area contributed by atoms with E-state index in [1.165, 1.54) is 23.4 Å². The minimum Gasteiger partial charge on any atom is -0.382 e. The lowest BCUT2D eigenvalue weighted by atomic mass is 9.90. The van der Waals surface area contributed by atoms with Gasteiger partial charge in [0.2, 0.25) is 5.12 Å². The van der Waals surface area contributed by atoms with Crippen LogP contribution >= 0.6 is 35.0 Å². The zero-order chi connectivity index (χ0) is 22.8. The summed E-state index contributed by atoms with van der Waals surface area (Å²) in [5, 5.41) is 14.9. The zero-order valence-electron chi connectivity index (χ0n) is 16.0. The molecule has 0 amide bonds. The monoisotopic (exact) mass is 489 g/mol. The largest absolute Gasteiger partial charge is 0.416 e. The maximum Gasteiger partial charge on any atom is 0.416 e. The topological polar surface area (TPSA) is 68.0 Å². The number of thioether (sulfide) groups is 1. The molecule has 0 aliphatic carbocycles. The summed E-state index contributed by atoms with van der Waals surface area (Å²) in [4.78, 5) is 16.6. The summed E-state index contributed by atoms with van der Waals surface area (Å²) in [7, 11) is 0. The summed E-state index contributed by atoms with van der Waals surface area (Å²) in [6, 6.07) is 8.49. The summed E-state index contributed by atoms with van der Waals surface area (Å²) in [5.41, 5.74) is -2.11. The van der Waals surface area contributed by atoms with Crippen LogP contribution in [0.2, 0.25) is 10.0 Å². The van der Waals surface area contributed by atoms with E-state index in [1.807, 2.05) is 0 Å². The second-order valence-electron chi connectivity index (χ2n) is 6.76. The maximum atomic E-state index is 12.8. The number of hydrogen-bond donors (Lipinski definition) is 1. The van der Waals surface area contributed by atoms with Gasteiger partial charge in [0.15, 0.2) is 0 Å². The van der Waals surface area contributed by atoms with Crippen LogP contribution in [0.1, 0.15) is 28.4 Å². The Balaban J connectivity index is 1.89. The number of benzene rings is 2. The van der Waals surface area contributed by atoms with Crippen molar-refractivity contribution in [3.05, 3.63) is 81.9 Å². The maximum absolute atomic E-state index is 12.8. The quantitative estimate of drug-likeness (QED) is 0.498. The molecule has 1 unspecified atom stereocenters. The third-order valence-electron chi connectivity index (χ3n) is 4.67. The van der Waals surface area contributed by atoms with E-state index >= 15 is 0 Å². The Morgan fingerprint density at radius 2 is 1.87 bits per heavy atom. The first-order valence-electron chi connectivity index (χ1n) is 8.89. The fourth-order valence-corrected chi connectivity index (χ4v) is 4.52. The van der Waals surface area contributed by atoms with Gasteiger partial charge in [0.1, 0.15) is 18.3 Å². The fourth-order valence-electron chi connectivity index (χ4n) is 2.96. The predicted molar refractivity (Wildman–Crippen MR) is 113 cm³/mol. The van der Waals surface area contributed by atoms with E-state index in [2.05, 4.69) is 10.1 Å². The highest BCUT2D eigenvalue weighted by molar-refractivity contribution is 8.14. The predicted octanol–water partition coefficient (Wildman–Crippen LogP) is 5.45. The molecular weight excluding hydrogens is 474 g/mol. The van der Waals surface area contributed by atoms with Crippen LogP contribution in [0.15, 0.2) is 55.1 Å². The van der Waals surface area contributed by atoms with Gasteiger partial charge in [-0.15, -0.1) is 0 Å². The van der Waals surface area contributed by atoms with Crippen molar-refractivity contribution in [3.63, 3.8) is 0 Å². The first kappa shape index (κ1) is 23.6. The number of hydrogen-bond acceptors (Lipinski definition) is 5. The van der Waals surface area contributed by atoms with Crippen LogP contribution < -0.4 is 0 Å². The van der Waals surface area contributed by atoms with Gasteiger partial charge in [-0.3, -0.25) is 4.79 Å². The van der Waals surface area contributed by atoms with E-state index in [9.17, 15) is 23.1 Å². The Morgan fingerprint density at radius 3 is 2.42 bits per heavy atom. The number of carbonyl (C=O) groups excluding carboxylic acids is 1. The van der Waals surface area contributed by atoms with Gasteiger partial charge in [-0.2, -0.15) is 18.3 Å². The lowest BCUT2D eigenvalue weighted by Gasteiger charge is -2.34. The van der Waals surface area contributed by atoms with Crippen molar-refractivity contribution < 1.29 is 23.1 Å². The molecule has 0 aliphatic heterocycles. The van der Waals surface area contributed by atoms with Gasteiger partial charge in [0.05, 0.1) is 12.1 Å². The molecule has 0 fully saturated rings. The van der Waals surface area contributed by atoms with E-state index < -0.39 is 27.7 Å². The molecule has 1 aromatic heterocycles. The van der Waals surface area contributed by atoms with Crippen LogP contribution in [-0.4, -0.2) is 30.2 Å². The third-order valence-corrected chi connectivity index (χ3v) is 6.41. The van der Waals surface area contributed by atoms with Crippen LogP contribution in [-0.2, 0) is 18.3 Å². The number of aliphatic hydroxyl groups is 1. The molecule has 2 atom stereocenters. The average Bonchev–Trinajstić information content (AvgIpc) is 3.19. The second-order valence-corrected chi connectivity index (χ2v) is 8.92. The summed E-state index contributed by atoms with van der Waals surface area (Å²) in [5.74, 6) is 0. The Hall–Kier alpha value is -2.07. The van der Waals surface area contributed by atoms with Crippen molar-refractivity contribution >= 4 is 40.1 Å². The van der Waals surface area contributed by atoms with E-state index in [4.69, 9.17) is 23.2 Å². The normalized spacial score (nSPS) is 14.8. The highest BCUT2D eigenvalue weighted by Crippen LogP contribution is 2.40. The van der Waals surface area contributed by atoms with Gasteiger partial charge in [0.25, 0.3) is 0 Å². The molecule has 164 valence electrons. The lowest BCUT2D eigenvalue weighted by molar-refractivity contribution is -0.137. The average molecular weight is 490 g/mol. The third kappa shape index (κ3) is 5.41. The molecule has 0 bridgehead atoms. The number of aromatic nitrogens is 3.